The number of carbonyl (C=O) groups is 2. The van der Waals surface area contributed by atoms with Crippen molar-refractivity contribution in [2.45, 2.75) is 0 Å². The van der Waals surface area contributed by atoms with Gasteiger partial charge in [-0.3, -0.25) is 9.63 Å². The average Bonchev–Trinajstić information content (AvgIpc) is 1.66. The Morgan fingerprint density at radius 2 is 2.50 bits per heavy atom. The molecule has 0 unspecified atom stereocenters. The number of hydrogen-bond donors (Lipinski definition) is 2. The molecule has 0 aromatic carbocycles. The Labute approximate surface area is 45.2 Å². The van der Waals surface area contributed by atoms with Crippen molar-refractivity contribution >= 4 is 12.4 Å². The third-order valence-electron chi connectivity index (χ3n) is 0.327. The fourth-order valence-corrected chi connectivity index (χ4v) is 0.137. The fraction of sp³-hybridized carbons (Fsp3) is 0.333. The van der Waals surface area contributed by atoms with E-state index >= 15 is 0 Å². The van der Waals surface area contributed by atoms with Gasteiger partial charge in [-0.25, -0.2) is 10.3 Å². The third kappa shape index (κ3) is 4.90. The van der Waals surface area contributed by atoms with Gasteiger partial charge in [0, 0.05) is 0 Å². The summed E-state index contributed by atoms with van der Waals surface area (Å²) in [5, 5.41) is 7.86. The highest BCUT2D eigenvalue weighted by atomic mass is 16.7. The molecule has 0 fully saturated rings. The topological polar surface area (TPSA) is 75.6 Å². The minimum absolute atomic E-state index is 0.253. The molecule has 0 aliphatic carbocycles. The lowest BCUT2D eigenvalue weighted by Gasteiger charge is -1.92. The first-order chi connectivity index (χ1) is 3.77. The first-order valence-corrected chi connectivity index (χ1v) is 1.80. The summed E-state index contributed by atoms with van der Waals surface area (Å²) in [5.41, 5.74) is 1.72. The van der Waals surface area contributed by atoms with Crippen LogP contribution in [-0.4, -0.2) is 24.1 Å². The van der Waals surface area contributed by atoms with Crippen molar-refractivity contribution in [3.63, 3.8) is 0 Å². The highest BCUT2D eigenvalue weighted by Crippen LogP contribution is 1.62. The van der Waals surface area contributed by atoms with E-state index in [2.05, 4.69) is 4.84 Å². The Kier molecular flexibility index (Phi) is 3.51. The summed E-state index contributed by atoms with van der Waals surface area (Å²) >= 11 is 0. The minimum atomic E-state index is -1.13. The molecule has 0 aliphatic heterocycles. The third-order valence-corrected chi connectivity index (χ3v) is 0.327. The first kappa shape index (κ1) is 6.90. The molecule has 0 radical (unpaired) electrons. The Hall–Kier alpha value is -1.10. The lowest BCUT2D eigenvalue weighted by molar-refractivity contribution is -0.146. The van der Waals surface area contributed by atoms with Gasteiger partial charge in [0.1, 0.15) is 0 Å². The van der Waals surface area contributed by atoms with Crippen LogP contribution >= 0.6 is 0 Å². The van der Waals surface area contributed by atoms with Gasteiger partial charge >= 0.3 is 5.97 Å². The lowest BCUT2D eigenvalue weighted by atomic mass is 10.8. The maximum Gasteiger partial charge on any atom is 0.332 e. The highest BCUT2D eigenvalue weighted by molar-refractivity contribution is 5.68. The number of aliphatic carboxylic acids is 1. The van der Waals surface area contributed by atoms with Crippen molar-refractivity contribution < 1.29 is 19.5 Å². The largest absolute Gasteiger partial charge is 0.479 e. The minimum Gasteiger partial charge on any atom is -0.479 e. The zero-order chi connectivity index (χ0) is 6.41. The summed E-state index contributed by atoms with van der Waals surface area (Å²) < 4.78 is 0. The van der Waals surface area contributed by atoms with Crippen molar-refractivity contribution in [1.29, 1.82) is 0 Å². The summed E-state index contributed by atoms with van der Waals surface area (Å²) in [6.45, 7) is -0.515. The molecule has 5 nitrogen and oxygen atoms in total. The second kappa shape index (κ2) is 4.07. The maximum atomic E-state index is 9.59. The van der Waals surface area contributed by atoms with E-state index in [-0.39, 0.29) is 6.41 Å². The molecular weight excluding hydrogens is 114 g/mol. The van der Waals surface area contributed by atoms with Crippen molar-refractivity contribution in [2.75, 3.05) is 6.61 Å². The van der Waals surface area contributed by atoms with Gasteiger partial charge in [0.25, 0.3) is 0 Å². The van der Waals surface area contributed by atoms with Gasteiger partial charge in [0.2, 0.25) is 6.41 Å². The quantitative estimate of drug-likeness (QED) is 0.275. The van der Waals surface area contributed by atoms with E-state index in [1.165, 1.54) is 0 Å². The molecular formula is C3H5NO4. The van der Waals surface area contributed by atoms with Crippen molar-refractivity contribution in [1.82, 2.24) is 5.48 Å². The van der Waals surface area contributed by atoms with Gasteiger partial charge in [0.05, 0.1) is 0 Å². The van der Waals surface area contributed by atoms with Crippen molar-refractivity contribution in [3.05, 3.63) is 0 Å². The maximum absolute atomic E-state index is 9.59. The number of amides is 1. The molecule has 0 aromatic heterocycles. The van der Waals surface area contributed by atoms with E-state index in [1.807, 2.05) is 0 Å². The smallest absolute Gasteiger partial charge is 0.332 e. The molecule has 2 N–H and O–H groups in total. The monoisotopic (exact) mass is 119 g/mol. The molecule has 1 amide bonds. The summed E-state index contributed by atoms with van der Waals surface area (Å²) in [5.74, 6) is -1.13. The molecule has 0 aromatic rings. The van der Waals surface area contributed by atoms with Crippen LogP contribution in [0.3, 0.4) is 0 Å². The fourth-order valence-electron chi connectivity index (χ4n) is 0.137. The van der Waals surface area contributed by atoms with Gasteiger partial charge in [-0.1, -0.05) is 0 Å². The van der Waals surface area contributed by atoms with Crippen LogP contribution in [0, 0.1) is 0 Å². The summed E-state index contributed by atoms with van der Waals surface area (Å²) in [6.07, 6.45) is 0.253. The van der Waals surface area contributed by atoms with E-state index in [1.54, 1.807) is 5.48 Å². The number of rotatable bonds is 4. The zero-order valence-corrected chi connectivity index (χ0v) is 3.96. The average molecular weight is 119 g/mol. The van der Waals surface area contributed by atoms with Gasteiger partial charge in [-0.2, -0.15) is 0 Å². The van der Waals surface area contributed by atoms with E-state index in [4.69, 9.17) is 5.11 Å². The second-order valence-corrected chi connectivity index (χ2v) is 0.918. The summed E-state index contributed by atoms with van der Waals surface area (Å²) in [6, 6.07) is 0. The van der Waals surface area contributed by atoms with Crippen molar-refractivity contribution in [3.8, 4) is 0 Å². The predicted octanol–water partition coefficient (Wildman–Crippen LogP) is -1.25. The Morgan fingerprint density at radius 1 is 1.88 bits per heavy atom. The first-order valence-electron chi connectivity index (χ1n) is 1.80. The predicted molar refractivity (Wildman–Crippen MR) is 22.8 cm³/mol. The van der Waals surface area contributed by atoms with Crippen LogP contribution in [0.1, 0.15) is 0 Å². The van der Waals surface area contributed by atoms with Crippen LogP contribution in [0.25, 0.3) is 0 Å². The number of carboxylic acid groups (broad SMARTS) is 1. The summed E-state index contributed by atoms with van der Waals surface area (Å²) in [4.78, 5) is 23.0. The van der Waals surface area contributed by atoms with Gasteiger partial charge in [-0.05, 0) is 0 Å². The number of nitrogens with one attached hydrogen (secondary N) is 1. The normalized spacial score (nSPS) is 8.00. The van der Waals surface area contributed by atoms with Crippen LogP contribution in [0.5, 0.6) is 0 Å². The van der Waals surface area contributed by atoms with E-state index in [0.717, 1.165) is 0 Å². The van der Waals surface area contributed by atoms with Crippen LogP contribution in [-0.2, 0) is 14.4 Å². The molecule has 0 bridgehead atoms. The number of carbonyl (C=O) groups excluding carboxylic acids is 1. The Morgan fingerprint density at radius 3 is 2.88 bits per heavy atom. The zero-order valence-electron chi connectivity index (χ0n) is 3.96. The highest BCUT2D eigenvalue weighted by Gasteiger charge is 1.92. The molecule has 0 spiro atoms. The molecule has 0 saturated carbocycles. The molecule has 46 valence electrons. The lowest BCUT2D eigenvalue weighted by Crippen LogP contribution is -2.17. The van der Waals surface area contributed by atoms with Gasteiger partial charge in [-0.15, -0.1) is 0 Å². The van der Waals surface area contributed by atoms with E-state index < -0.39 is 12.6 Å². The van der Waals surface area contributed by atoms with Gasteiger partial charge in [0.15, 0.2) is 6.61 Å². The van der Waals surface area contributed by atoms with E-state index in [9.17, 15) is 9.59 Å². The number of hydrogen-bond acceptors (Lipinski definition) is 3. The van der Waals surface area contributed by atoms with Crippen LogP contribution in [0.15, 0.2) is 0 Å². The molecule has 0 atom stereocenters. The Bertz CT molecular complexity index is 91.3. The van der Waals surface area contributed by atoms with Crippen molar-refractivity contribution in [2.24, 2.45) is 0 Å². The molecule has 0 rings (SSSR count). The SMILES string of the molecule is O=CNOCC(=O)O. The van der Waals surface area contributed by atoms with E-state index in [0.29, 0.717) is 0 Å². The van der Waals surface area contributed by atoms with Gasteiger partial charge < -0.3 is 5.11 Å². The molecule has 8 heavy (non-hydrogen) atoms. The summed E-state index contributed by atoms with van der Waals surface area (Å²) in [7, 11) is 0. The standard InChI is InChI=1S/C3H5NO4/c5-2-4-8-1-3(6)7/h2H,1H2,(H,4,5)(H,6,7). The Balaban J connectivity index is 2.93. The molecule has 0 aliphatic rings. The molecule has 5 heteroatoms. The second-order valence-electron chi connectivity index (χ2n) is 0.918. The molecule has 0 heterocycles. The van der Waals surface area contributed by atoms with Crippen LogP contribution < -0.4 is 5.48 Å². The number of carboxylic acids is 1. The van der Waals surface area contributed by atoms with Crippen LogP contribution in [0.4, 0.5) is 0 Å². The van der Waals surface area contributed by atoms with Crippen LogP contribution in [0.2, 0.25) is 0 Å². The molecule has 0 saturated heterocycles. The number of hydroxylamine groups is 1.